The molecule has 34 heavy (non-hydrogen) atoms. The fraction of sp³-hybridized carbons (Fsp3) is 0.160. The predicted molar refractivity (Wildman–Crippen MR) is 125 cm³/mol. The van der Waals surface area contributed by atoms with Crippen LogP contribution in [0.2, 0.25) is 0 Å². The Morgan fingerprint density at radius 1 is 1.00 bits per heavy atom. The van der Waals surface area contributed by atoms with Crippen molar-refractivity contribution < 1.29 is 18.0 Å². The van der Waals surface area contributed by atoms with Gasteiger partial charge < -0.3 is 4.90 Å². The highest BCUT2D eigenvalue weighted by Gasteiger charge is 2.19. The molecule has 4 rings (SSSR count). The Bertz CT molecular complexity index is 1420. The molecule has 0 atom stereocenters. The van der Waals surface area contributed by atoms with Gasteiger partial charge in [-0.15, -0.1) is 0 Å². The number of amides is 1. The predicted octanol–water partition coefficient (Wildman–Crippen LogP) is 4.94. The van der Waals surface area contributed by atoms with E-state index in [1.54, 1.807) is 48.2 Å². The molecule has 4 aromatic rings. The van der Waals surface area contributed by atoms with E-state index in [0.717, 1.165) is 28.5 Å². The molecule has 1 aromatic heterocycles. The third-order valence-electron chi connectivity index (χ3n) is 5.22. The van der Waals surface area contributed by atoms with Gasteiger partial charge in [0.05, 0.1) is 22.3 Å². The van der Waals surface area contributed by atoms with Crippen LogP contribution in [0, 0.1) is 17.5 Å². The summed E-state index contributed by atoms with van der Waals surface area (Å²) in [6.45, 7) is 2.42. The minimum absolute atomic E-state index is 0.0866. The Balaban J connectivity index is 1.67. The van der Waals surface area contributed by atoms with Gasteiger partial charge >= 0.3 is 0 Å². The molecule has 9 heteroatoms. The van der Waals surface area contributed by atoms with Gasteiger partial charge in [0.15, 0.2) is 5.16 Å². The number of halogens is 3. The number of thioether (sulfide) groups is 1. The lowest BCUT2D eigenvalue weighted by atomic mass is 10.2. The summed E-state index contributed by atoms with van der Waals surface area (Å²) in [7, 11) is 0. The highest BCUT2D eigenvalue weighted by atomic mass is 32.2. The van der Waals surface area contributed by atoms with Crippen molar-refractivity contribution in [1.29, 1.82) is 0 Å². The van der Waals surface area contributed by atoms with Gasteiger partial charge in [-0.1, -0.05) is 36.0 Å². The number of nitrogens with zero attached hydrogens (tertiary/aromatic N) is 3. The number of hydrogen-bond acceptors (Lipinski definition) is 4. The fourth-order valence-corrected chi connectivity index (χ4v) is 4.44. The Morgan fingerprint density at radius 2 is 1.76 bits per heavy atom. The molecule has 0 unspecified atom stereocenters. The standard InChI is InChI=1S/C25H20F3N3O2S/c1-2-30(14-16-6-5-7-17(26)12-16)23(32)15-34-25-29-21-9-4-3-8-19(21)24(33)31(25)22-11-10-18(27)13-20(22)28/h3-13H,2,14-15H2,1H3. The summed E-state index contributed by atoms with van der Waals surface area (Å²) >= 11 is 0.975. The molecule has 174 valence electrons. The Labute approximate surface area is 197 Å². The monoisotopic (exact) mass is 483 g/mol. The SMILES string of the molecule is CCN(Cc1cccc(F)c1)C(=O)CSc1nc2ccccc2c(=O)n1-c1ccc(F)cc1F. The fourth-order valence-electron chi connectivity index (χ4n) is 3.53. The van der Waals surface area contributed by atoms with E-state index in [1.807, 2.05) is 0 Å². The van der Waals surface area contributed by atoms with Crippen LogP contribution in [0.15, 0.2) is 76.7 Å². The van der Waals surface area contributed by atoms with Gasteiger partial charge in [0.2, 0.25) is 5.91 Å². The van der Waals surface area contributed by atoms with Crippen molar-refractivity contribution in [1.82, 2.24) is 14.5 Å². The maximum Gasteiger partial charge on any atom is 0.266 e. The van der Waals surface area contributed by atoms with Gasteiger partial charge in [-0.2, -0.15) is 0 Å². The third-order valence-corrected chi connectivity index (χ3v) is 6.14. The lowest BCUT2D eigenvalue weighted by molar-refractivity contribution is -0.128. The number of fused-ring (bicyclic) bond motifs is 1. The number of hydrogen-bond donors (Lipinski definition) is 0. The van der Waals surface area contributed by atoms with E-state index in [1.165, 1.54) is 12.1 Å². The van der Waals surface area contributed by atoms with Crippen molar-refractivity contribution in [3.63, 3.8) is 0 Å². The summed E-state index contributed by atoms with van der Waals surface area (Å²) in [6.07, 6.45) is 0. The average molecular weight is 484 g/mol. The van der Waals surface area contributed by atoms with Crippen molar-refractivity contribution in [2.75, 3.05) is 12.3 Å². The van der Waals surface area contributed by atoms with Gasteiger partial charge in [0.1, 0.15) is 17.5 Å². The molecule has 0 aliphatic heterocycles. The lowest BCUT2D eigenvalue weighted by Gasteiger charge is -2.21. The number of carbonyl (C=O) groups excluding carboxylic acids is 1. The lowest BCUT2D eigenvalue weighted by Crippen LogP contribution is -2.32. The topological polar surface area (TPSA) is 55.2 Å². The maximum atomic E-state index is 14.6. The maximum absolute atomic E-state index is 14.6. The van der Waals surface area contributed by atoms with E-state index in [4.69, 9.17) is 0 Å². The van der Waals surface area contributed by atoms with E-state index in [0.29, 0.717) is 23.7 Å². The number of benzene rings is 3. The van der Waals surface area contributed by atoms with Crippen molar-refractivity contribution in [2.45, 2.75) is 18.6 Å². The molecule has 3 aromatic carbocycles. The van der Waals surface area contributed by atoms with Crippen LogP contribution < -0.4 is 5.56 Å². The Morgan fingerprint density at radius 3 is 2.50 bits per heavy atom. The van der Waals surface area contributed by atoms with E-state index in [-0.39, 0.29) is 40.3 Å². The smallest absolute Gasteiger partial charge is 0.266 e. The average Bonchev–Trinajstić information content (AvgIpc) is 2.82. The third kappa shape index (κ3) is 4.99. The van der Waals surface area contributed by atoms with E-state index >= 15 is 0 Å². The molecule has 0 fully saturated rings. The van der Waals surface area contributed by atoms with Crippen LogP contribution in [0.1, 0.15) is 12.5 Å². The zero-order valence-electron chi connectivity index (χ0n) is 18.2. The second kappa shape index (κ2) is 10.1. The molecular weight excluding hydrogens is 463 g/mol. The first-order chi connectivity index (χ1) is 16.4. The van der Waals surface area contributed by atoms with Crippen molar-refractivity contribution in [3.05, 3.63) is 100 Å². The summed E-state index contributed by atoms with van der Waals surface area (Å²) in [4.78, 5) is 32.1. The minimum Gasteiger partial charge on any atom is -0.338 e. The van der Waals surface area contributed by atoms with Gasteiger partial charge in [-0.25, -0.2) is 18.2 Å². The van der Waals surface area contributed by atoms with Crippen LogP contribution >= 0.6 is 11.8 Å². The van der Waals surface area contributed by atoms with Crippen LogP contribution in [0.3, 0.4) is 0 Å². The molecule has 0 bridgehead atoms. The zero-order valence-corrected chi connectivity index (χ0v) is 19.0. The van der Waals surface area contributed by atoms with Crippen LogP contribution in [-0.2, 0) is 11.3 Å². The van der Waals surface area contributed by atoms with Crippen LogP contribution in [0.25, 0.3) is 16.6 Å². The first-order valence-electron chi connectivity index (χ1n) is 10.5. The Hall–Kier alpha value is -3.59. The molecule has 1 amide bonds. The van der Waals surface area contributed by atoms with E-state index in [2.05, 4.69) is 4.98 Å². The molecular formula is C25H20F3N3O2S. The van der Waals surface area contributed by atoms with Gasteiger partial charge in [-0.05, 0) is 48.9 Å². The van der Waals surface area contributed by atoms with Gasteiger partial charge in [-0.3, -0.25) is 14.2 Å². The largest absolute Gasteiger partial charge is 0.338 e. The molecule has 0 aliphatic rings. The molecule has 5 nitrogen and oxygen atoms in total. The molecule has 1 heterocycles. The zero-order chi connectivity index (χ0) is 24.2. The molecule has 0 radical (unpaired) electrons. The number of carbonyl (C=O) groups is 1. The summed E-state index contributed by atoms with van der Waals surface area (Å²) in [5, 5.41) is 0.368. The van der Waals surface area contributed by atoms with Gasteiger partial charge in [0.25, 0.3) is 5.56 Å². The van der Waals surface area contributed by atoms with E-state index < -0.39 is 17.2 Å². The Kier molecular flexibility index (Phi) is 7.02. The van der Waals surface area contributed by atoms with Gasteiger partial charge in [0, 0.05) is 19.2 Å². The van der Waals surface area contributed by atoms with E-state index in [9.17, 15) is 22.8 Å². The molecule has 0 spiro atoms. The highest BCUT2D eigenvalue weighted by molar-refractivity contribution is 7.99. The summed E-state index contributed by atoms with van der Waals surface area (Å²) in [5.41, 5.74) is 0.354. The molecule has 0 saturated carbocycles. The number of aromatic nitrogens is 2. The van der Waals surface area contributed by atoms with Crippen LogP contribution in [0.4, 0.5) is 13.2 Å². The van der Waals surface area contributed by atoms with Crippen molar-refractivity contribution in [3.8, 4) is 5.69 Å². The van der Waals surface area contributed by atoms with Crippen LogP contribution in [-0.4, -0.2) is 32.7 Å². The summed E-state index contributed by atoms with van der Waals surface area (Å²) < 4.78 is 42.7. The number of para-hydroxylation sites is 1. The second-order valence-corrected chi connectivity index (χ2v) is 8.42. The van der Waals surface area contributed by atoms with Crippen molar-refractivity contribution >= 4 is 28.6 Å². The summed E-state index contributed by atoms with van der Waals surface area (Å²) in [6, 6.07) is 15.5. The minimum atomic E-state index is -0.923. The molecule has 0 N–H and O–H groups in total. The first-order valence-corrected chi connectivity index (χ1v) is 11.5. The van der Waals surface area contributed by atoms with Crippen molar-refractivity contribution in [2.24, 2.45) is 0 Å². The highest BCUT2D eigenvalue weighted by Crippen LogP contribution is 2.24. The van der Waals surface area contributed by atoms with Crippen LogP contribution in [0.5, 0.6) is 0 Å². The molecule has 0 saturated heterocycles. The second-order valence-electron chi connectivity index (χ2n) is 7.47. The summed E-state index contributed by atoms with van der Waals surface area (Å²) in [5.74, 6) is -2.43. The normalized spacial score (nSPS) is 11.1. The molecule has 0 aliphatic carbocycles. The number of rotatable bonds is 7. The quantitative estimate of drug-likeness (QED) is 0.276. The first kappa shape index (κ1) is 23.6.